The molecule has 1 aliphatic heterocycles. The van der Waals surface area contributed by atoms with Crippen molar-refractivity contribution in [3.8, 4) is 0 Å². The van der Waals surface area contributed by atoms with Gasteiger partial charge >= 0.3 is 0 Å². The molecule has 0 atom stereocenters. The molecule has 0 aromatic heterocycles. The second-order valence-corrected chi connectivity index (χ2v) is 5.09. The SMILES string of the molecule is CC1(c2cccc(S(N)(=O)=O)c2)OC=CO1. The quantitative estimate of drug-likeness (QED) is 0.838. The molecule has 0 aliphatic carbocycles. The molecule has 0 radical (unpaired) electrons. The highest BCUT2D eigenvalue weighted by molar-refractivity contribution is 7.89. The Bertz CT molecular complexity index is 528. The van der Waals surface area contributed by atoms with Crippen LogP contribution in [0.3, 0.4) is 0 Å². The highest BCUT2D eigenvalue weighted by Gasteiger charge is 2.32. The molecular formula is C10H11NO4S. The summed E-state index contributed by atoms with van der Waals surface area (Å²) < 4.78 is 32.9. The molecule has 0 spiro atoms. The van der Waals surface area contributed by atoms with E-state index in [2.05, 4.69) is 0 Å². The summed E-state index contributed by atoms with van der Waals surface area (Å²) in [6.45, 7) is 1.69. The number of nitrogens with two attached hydrogens (primary N) is 1. The normalized spacial score (nSPS) is 17.9. The van der Waals surface area contributed by atoms with Crippen LogP contribution in [0.2, 0.25) is 0 Å². The van der Waals surface area contributed by atoms with Crippen molar-refractivity contribution in [2.75, 3.05) is 0 Å². The molecule has 2 rings (SSSR count). The predicted octanol–water partition coefficient (Wildman–Crippen LogP) is 1.02. The van der Waals surface area contributed by atoms with Crippen molar-refractivity contribution >= 4 is 10.0 Å². The predicted molar refractivity (Wildman–Crippen MR) is 56.5 cm³/mol. The molecule has 5 nitrogen and oxygen atoms in total. The first-order valence-electron chi connectivity index (χ1n) is 4.56. The first-order chi connectivity index (χ1) is 7.42. The third kappa shape index (κ3) is 1.89. The first kappa shape index (κ1) is 11.0. The largest absolute Gasteiger partial charge is 0.453 e. The average Bonchev–Trinajstić information content (AvgIpc) is 2.66. The topological polar surface area (TPSA) is 78.6 Å². The summed E-state index contributed by atoms with van der Waals surface area (Å²) in [5, 5.41) is 5.04. The molecule has 1 aliphatic rings. The highest BCUT2D eigenvalue weighted by Crippen LogP contribution is 2.32. The summed E-state index contributed by atoms with van der Waals surface area (Å²) in [5.74, 6) is -0.985. The van der Waals surface area contributed by atoms with Gasteiger partial charge in [-0.3, -0.25) is 0 Å². The van der Waals surface area contributed by atoms with Gasteiger partial charge in [0.1, 0.15) is 12.5 Å². The van der Waals surface area contributed by atoms with Crippen molar-refractivity contribution in [3.05, 3.63) is 42.4 Å². The second kappa shape index (κ2) is 3.50. The Balaban J connectivity index is 2.44. The van der Waals surface area contributed by atoms with E-state index in [1.165, 1.54) is 24.7 Å². The van der Waals surface area contributed by atoms with Crippen molar-refractivity contribution in [1.82, 2.24) is 0 Å². The van der Waals surface area contributed by atoms with Gasteiger partial charge in [-0.1, -0.05) is 12.1 Å². The van der Waals surface area contributed by atoms with Gasteiger partial charge < -0.3 is 9.47 Å². The van der Waals surface area contributed by atoms with Gasteiger partial charge in [-0.05, 0) is 12.1 Å². The van der Waals surface area contributed by atoms with Crippen LogP contribution in [0.15, 0.2) is 41.7 Å². The number of sulfonamides is 1. The van der Waals surface area contributed by atoms with E-state index in [9.17, 15) is 8.42 Å². The Labute approximate surface area is 93.5 Å². The molecule has 0 saturated heterocycles. The second-order valence-electron chi connectivity index (χ2n) is 3.53. The van der Waals surface area contributed by atoms with Crippen molar-refractivity contribution < 1.29 is 17.9 Å². The molecule has 2 N–H and O–H groups in total. The van der Waals surface area contributed by atoms with Crippen LogP contribution in [0.25, 0.3) is 0 Å². The van der Waals surface area contributed by atoms with Crippen LogP contribution in [0.5, 0.6) is 0 Å². The third-order valence-electron chi connectivity index (χ3n) is 2.33. The van der Waals surface area contributed by atoms with E-state index in [-0.39, 0.29) is 4.90 Å². The lowest BCUT2D eigenvalue weighted by molar-refractivity contribution is -0.133. The van der Waals surface area contributed by atoms with E-state index in [4.69, 9.17) is 14.6 Å². The Morgan fingerprint density at radius 1 is 1.25 bits per heavy atom. The molecule has 1 aromatic rings. The molecule has 0 amide bonds. The van der Waals surface area contributed by atoms with E-state index in [1.807, 2.05) is 0 Å². The number of rotatable bonds is 2. The Morgan fingerprint density at radius 2 is 1.88 bits per heavy atom. The Kier molecular flexibility index (Phi) is 2.40. The zero-order valence-corrected chi connectivity index (χ0v) is 9.40. The van der Waals surface area contributed by atoms with Gasteiger partial charge in [0.05, 0.1) is 4.90 Å². The van der Waals surface area contributed by atoms with Gasteiger partial charge in [0.2, 0.25) is 10.0 Å². The Morgan fingerprint density at radius 3 is 2.44 bits per heavy atom. The molecule has 16 heavy (non-hydrogen) atoms. The molecule has 0 fully saturated rings. The fourth-order valence-electron chi connectivity index (χ4n) is 1.43. The maximum atomic E-state index is 11.2. The minimum atomic E-state index is -3.71. The van der Waals surface area contributed by atoms with Crippen molar-refractivity contribution in [3.63, 3.8) is 0 Å². The molecule has 1 heterocycles. The zero-order valence-electron chi connectivity index (χ0n) is 8.58. The molecule has 0 saturated carbocycles. The van der Waals surface area contributed by atoms with Crippen LogP contribution >= 0.6 is 0 Å². The number of hydrogen-bond acceptors (Lipinski definition) is 4. The lowest BCUT2D eigenvalue weighted by atomic mass is 10.1. The van der Waals surface area contributed by atoms with Gasteiger partial charge in [0, 0.05) is 12.5 Å². The Hall–Kier alpha value is -1.53. The molecule has 1 aromatic carbocycles. The van der Waals surface area contributed by atoms with Crippen LogP contribution in [-0.2, 0) is 25.3 Å². The van der Waals surface area contributed by atoms with Crippen molar-refractivity contribution in [2.45, 2.75) is 17.6 Å². The standard InChI is InChI=1S/C10H11NO4S/c1-10(14-5-6-15-10)8-3-2-4-9(7-8)16(11,12)13/h2-7H,1H3,(H2,11,12,13). The number of hydrogen-bond donors (Lipinski definition) is 1. The summed E-state index contributed by atoms with van der Waals surface area (Å²) in [4.78, 5) is 0.0327. The van der Waals surface area contributed by atoms with Gasteiger partial charge in [-0.2, -0.15) is 0 Å². The highest BCUT2D eigenvalue weighted by atomic mass is 32.2. The fraction of sp³-hybridized carbons (Fsp3) is 0.200. The lowest BCUT2D eigenvalue weighted by Crippen LogP contribution is -2.23. The minimum Gasteiger partial charge on any atom is -0.453 e. The fourth-order valence-corrected chi connectivity index (χ4v) is 1.99. The van der Waals surface area contributed by atoms with Crippen LogP contribution in [0.1, 0.15) is 12.5 Å². The van der Waals surface area contributed by atoms with Crippen LogP contribution in [0.4, 0.5) is 0 Å². The molecular weight excluding hydrogens is 230 g/mol. The van der Waals surface area contributed by atoms with Crippen LogP contribution < -0.4 is 5.14 Å². The summed E-state index contributed by atoms with van der Waals surface area (Å²) in [5.41, 5.74) is 0.587. The molecule has 6 heteroatoms. The van der Waals surface area contributed by atoms with E-state index < -0.39 is 15.8 Å². The first-order valence-corrected chi connectivity index (χ1v) is 6.10. The molecule has 0 unspecified atom stereocenters. The summed E-state index contributed by atoms with van der Waals surface area (Å²) in [6.07, 6.45) is 2.81. The van der Waals surface area contributed by atoms with E-state index in [0.29, 0.717) is 5.56 Å². The van der Waals surface area contributed by atoms with Gasteiger partial charge in [0.15, 0.2) is 0 Å². The van der Waals surface area contributed by atoms with Crippen molar-refractivity contribution in [2.24, 2.45) is 5.14 Å². The van der Waals surface area contributed by atoms with Gasteiger partial charge in [-0.15, -0.1) is 0 Å². The summed E-state index contributed by atoms with van der Waals surface area (Å²) in [7, 11) is -3.71. The van der Waals surface area contributed by atoms with Crippen LogP contribution in [-0.4, -0.2) is 8.42 Å². The van der Waals surface area contributed by atoms with E-state index >= 15 is 0 Å². The maximum Gasteiger partial charge on any atom is 0.273 e. The van der Waals surface area contributed by atoms with Gasteiger partial charge in [0.25, 0.3) is 5.79 Å². The summed E-state index contributed by atoms with van der Waals surface area (Å²) >= 11 is 0. The number of ether oxygens (including phenoxy) is 2. The maximum absolute atomic E-state index is 11.2. The lowest BCUT2D eigenvalue weighted by Gasteiger charge is -2.23. The van der Waals surface area contributed by atoms with Crippen molar-refractivity contribution in [1.29, 1.82) is 0 Å². The average molecular weight is 241 g/mol. The number of primary sulfonamides is 1. The third-order valence-corrected chi connectivity index (χ3v) is 3.24. The minimum absolute atomic E-state index is 0.0327. The zero-order chi connectivity index (χ0) is 11.8. The van der Waals surface area contributed by atoms with E-state index in [0.717, 1.165) is 0 Å². The number of benzene rings is 1. The van der Waals surface area contributed by atoms with E-state index in [1.54, 1.807) is 19.1 Å². The van der Waals surface area contributed by atoms with Crippen LogP contribution in [0, 0.1) is 0 Å². The molecule has 0 bridgehead atoms. The monoisotopic (exact) mass is 241 g/mol. The smallest absolute Gasteiger partial charge is 0.273 e. The van der Waals surface area contributed by atoms with Gasteiger partial charge in [-0.25, -0.2) is 13.6 Å². The molecule has 86 valence electrons. The summed E-state index contributed by atoms with van der Waals surface area (Å²) in [6, 6.07) is 6.15.